The van der Waals surface area contributed by atoms with Gasteiger partial charge < -0.3 is 14.1 Å². The van der Waals surface area contributed by atoms with E-state index in [0.717, 1.165) is 5.58 Å². The maximum atomic E-state index is 6.51. The molecule has 1 heterocycles. The van der Waals surface area contributed by atoms with Crippen molar-refractivity contribution in [1.82, 2.24) is 4.81 Å². The minimum atomic E-state index is -0.881. The maximum absolute atomic E-state index is 6.51. The van der Waals surface area contributed by atoms with Crippen LogP contribution in [0, 0.1) is 0 Å². The normalized spacial score (nSPS) is 18.3. The lowest BCUT2D eigenvalue weighted by atomic mass is 9.90. The number of rotatable bonds is 6. The lowest BCUT2D eigenvalue weighted by Gasteiger charge is -2.36. The average molecular weight is 438 g/mol. The number of hydrogen-bond acceptors (Lipinski definition) is 3. The van der Waals surface area contributed by atoms with Crippen LogP contribution in [0.1, 0.15) is 55.4 Å². The topological polar surface area (TPSA) is 34.1 Å². The second-order valence-electron chi connectivity index (χ2n) is 9.59. The van der Waals surface area contributed by atoms with Crippen LogP contribution < -0.4 is 10.6 Å². The van der Waals surface area contributed by atoms with Crippen LogP contribution in [0.2, 0.25) is 0 Å². The van der Waals surface area contributed by atoms with Crippen LogP contribution in [0.4, 0.5) is 0 Å². The van der Waals surface area contributed by atoms with Crippen LogP contribution in [0.15, 0.2) is 65.7 Å². The van der Waals surface area contributed by atoms with Crippen LogP contribution in [-0.2, 0) is 9.31 Å². The number of aliphatic imine (C=N–C) groups is 1. The highest BCUT2D eigenvalue weighted by atomic mass is 31.1. The molecule has 0 saturated carbocycles. The molecule has 0 unspecified atom stereocenters. The highest BCUT2D eigenvalue weighted by molar-refractivity contribution is 7.88. The van der Waals surface area contributed by atoms with E-state index in [9.17, 15) is 0 Å². The number of amidine groups is 1. The Morgan fingerprint density at radius 1 is 0.806 bits per heavy atom. The first-order valence-electron chi connectivity index (χ1n) is 11.2. The molecule has 0 N–H and O–H groups in total. The van der Waals surface area contributed by atoms with E-state index in [2.05, 4.69) is 121 Å². The maximum Gasteiger partial charge on any atom is 0.595 e. The van der Waals surface area contributed by atoms with Crippen molar-refractivity contribution in [2.45, 2.75) is 78.7 Å². The van der Waals surface area contributed by atoms with Gasteiger partial charge in [0.25, 0.3) is 0 Å². The molecule has 3 rings (SSSR count). The van der Waals surface area contributed by atoms with Crippen molar-refractivity contribution >= 4 is 31.4 Å². The third-order valence-electron chi connectivity index (χ3n) is 5.86. The summed E-state index contributed by atoms with van der Waals surface area (Å²) in [6.45, 7) is 17.0. The van der Waals surface area contributed by atoms with Crippen molar-refractivity contribution in [2.75, 3.05) is 0 Å². The van der Waals surface area contributed by atoms with Gasteiger partial charge >= 0.3 is 7.25 Å². The van der Waals surface area contributed by atoms with Crippen molar-refractivity contribution < 1.29 is 9.31 Å². The van der Waals surface area contributed by atoms with Crippen LogP contribution in [0.25, 0.3) is 0 Å². The highest BCUT2D eigenvalue weighted by Gasteiger charge is 2.55. The summed E-state index contributed by atoms with van der Waals surface area (Å²) in [6, 6.07) is 21.7. The monoisotopic (exact) mass is 438 g/mol. The minimum absolute atomic E-state index is 0.149. The molecule has 0 bridgehead atoms. The second-order valence-corrected chi connectivity index (χ2v) is 11.7. The quantitative estimate of drug-likeness (QED) is 0.270. The van der Waals surface area contributed by atoms with Crippen molar-refractivity contribution in [3.8, 4) is 0 Å². The van der Waals surface area contributed by atoms with E-state index in [-0.39, 0.29) is 12.1 Å². The predicted molar refractivity (Wildman–Crippen MR) is 135 cm³/mol. The molecule has 1 aliphatic heterocycles. The number of nitrogens with zero attached hydrogens (tertiary/aromatic N) is 2. The van der Waals surface area contributed by atoms with E-state index < -0.39 is 26.4 Å². The fraction of sp³-hybridized carbons (Fsp3) is 0.480. The second kappa shape index (κ2) is 9.44. The Balaban J connectivity index is 2.16. The SMILES string of the molecule is CC(C)N=C(N(B1OC(C)(C)C(C)(C)O1)C(C)C)P(c1ccccc1)c1ccccc1. The van der Waals surface area contributed by atoms with Crippen molar-refractivity contribution in [3.63, 3.8) is 0 Å². The van der Waals surface area contributed by atoms with Gasteiger partial charge in [-0.25, -0.2) is 0 Å². The van der Waals surface area contributed by atoms with Gasteiger partial charge in [-0.2, -0.15) is 0 Å². The Morgan fingerprint density at radius 3 is 1.58 bits per heavy atom. The van der Waals surface area contributed by atoms with Gasteiger partial charge in [-0.05, 0) is 66.0 Å². The van der Waals surface area contributed by atoms with E-state index in [4.69, 9.17) is 14.3 Å². The Kier molecular flexibility index (Phi) is 7.30. The molecule has 2 aromatic rings. The van der Waals surface area contributed by atoms with Crippen molar-refractivity contribution in [2.24, 2.45) is 4.99 Å². The van der Waals surface area contributed by atoms with Crippen LogP contribution in [0.5, 0.6) is 0 Å². The molecule has 2 aromatic carbocycles. The molecular weight excluding hydrogens is 402 g/mol. The molecule has 0 aromatic heterocycles. The minimum Gasteiger partial charge on any atom is -0.384 e. The summed E-state index contributed by atoms with van der Waals surface area (Å²) in [6.07, 6.45) is 0. The molecule has 0 radical (unpaired) electrons. The van der Waals surface area contributed by atoms with E-state index in [0.29, 0.717) is 0 Å². The van der Waals surface area contributed by atoms with E-state index in [1.165, 1.54) is 10.6 Å². The fourth-order valence-corrected chi connectivity index (χ4v) is 6.10. The summed E-state index contributed by atoms with van der Waals surface area (Å²) in [5.74, 6) is 0. The molecule has 166 valence electrons. The van der Waals surface area contributed by atoms with Crippen molar-refractivity contribution in [3.05, 3.63) is 60.7 Å². The zero-order valence-electron chi connectivity index (χ0n) is 20.2. The van der Waals surface area contributed by atoms with Crippen LogP contribution in [-0.4, -0.2) is 40.9 Å². The van der Waals surface area contributed by atoms with Gasteiger partial charge in [-0.1, -0.05) is 60.7 Å². The zero-order valence-corrected chi connectivity index (χ0v) is 21.1. The Labute approximate surface area is 190 Å². The standard InChI is InChI=1S/C25H36BN2O2P/c1-19(2)27-23(28(20(3)4)26-29-24(5,6)25(7,8)30-26)31(21-15-11-9-12-16-21)22-17-13-10-14-18-22/h9-20H,1-8H3. The molecule has 1 saturated heterocycles. The summed E-state index contributed by atoms with van der Waals surface area (Å²) in [5, 5.41) is 2.54. The third kappa shape index (κ3) is 5.22. The summed E-state index contributed by atoms with van der Waals surface area (Å²) in [7, 11) is -1.37. The van der Waals surface area contributed by atoms with Gasteiger partial charge in [0, 0.05) is 20.0 Å². The lowest BCUT2D eigenvalue weighted by molar-refractivity contribution is 0.00578. The Morgan fingerprint density at radius 2 is 1.23 bits per heavy atom. The molecule has 31 heavy (non-hydrogen) atoms. The van der Waals surface area contributed by atoms with Gasteiger partial charge in [0.1, 0.15) is 5.58 Å². The van der Waals surface area contributed by atoms with Crippen molar-refractivity contribution in [1.29, 1.82) is 0 Å². The van der Waals surface area contributed by atoms with E-state index >= 15 is 0 Å². The van der Waals surface area contributed by atoms with Crippen LogP contribution >= 0.6 is 7.92 Å². The molecule has 1 fully saturated rings. The molecule has 4 nitrogen and oxygen atoms in total. The number of benzene rings is 2. The smallest absolute Gasteiger partial charge is 0.384 e. The number of hydrogen-bond donors (Lipinski definition) is 0. The van der Waals surface area contributed by atoms with Gasteiger partial charge in [0.2, 0.25) is 0 Å². The molecule has 0 spiro atoms. The molecule has 1 aliphatic rings. The first-order valence-corrected chi connectivity index (χ1v) is 12.5. The van der Waals surface area contributed by atoms with Gasteiger partial charge in [0.15, 0.2) is 0 Å². The van der Waals surface area contributed by atoms with Gasteiger partial charge in [-0.15, -0.1) is 0 Å². The molecule has 0 amide bonds. The fourth-order valence-electron chi connectivity index (χ4n) is 3.50. The molecule has 6 heteroatoms. The van der Waals surface area contributed by atoms with Gasteiger partial charge in [0.05, 0.1) is 11.2 Å². The summed E-state index contributed by atoms with van der Waals surface area (Å²) >= 11 is 0. The Bertz CT molecular complexity index is 829. The largest absolute Gasteiger partial charge is 0.595 e. The first kappa shape index (κ1) is 24.0. The average Bonchev–Trinajstić information content (AvgIpc) is 2.89. The van der Waals surface area contributed by atoms with E-state index in [1.54, 1.807) is 0 Å². The molecular formula is C25H36BN2O2P. The molecule has 0 atom stereocenters. The highest BCUT2D eigenvalue weighted by Crippen LogP contribution is 2.43. The zero-order chi connectivity index (χ0) is 22.8. The van der Waals surface area contributed by atoms with Gasteiger partial charge in [-0.3, -0.25) is 4.99 Å². The summed E-state index contributed by atoms with van der Waals surface area (Å²) < 4.78 is 13.0. The van der Waals surface area contributed by atoms with Crippen LogP contribution in [0.3, 0.4) is 0 Å². The Hall–Kier alpha value is -1.68. The third-order valence-corrected chi connectivity index (χ3v) is 8.23. The lowest BCUT2D eigenvalue weighted by Crippen LogP contribution is -2.51. The predicted octanol–water partition coefficient (Wildman–Crippen LogP) is 5.18. The first-order chi connectivity index (χ1) is 14.5. The molecule has 0 aliphatic carbocycles. The summed E-state index contributed by atoms with van der Waals surface area (Å²) in [5.41, 5.74) is 0.224. The van der Waals surface area contributed by atoms with E-state index in [1.807, 2.05) is 0 Å². The summed E-state index contributed by atoms with van der Waals surface area (Å²) in [4.78, 5) is 7.46.